The van der Waals surface area contributed by atoms with Gasteiger partial charge < -0.3 is 4.74 Å². The lowest BCUT2D eigenvalue weighted by Gasteiger charge is -2.13. The van der Waals surface area contributed by atoms with E-state index in [0.29, 0.717) is 0 Å². The molecule has 0 fully saturated rings. The first-order valence-electron chi connectivity index (χ1n) is 3.48. The van der Waals surface area contributed by atoms with E-state index in [2.05, 4.69) is 25.7 Å². The summed E-state index contributed by atoms with van der Waals surface area (Å²) in [5.41, 5.74) is 0. The lowest BCUT2D eigenvalue weighted by atomic mass is 10.8. The van der Waals surface area contributed by atoms with Crippen LogP contribution in [0.15, 0.2) is 0 Å². The fourth-order valence-electron chi connectivity index (χ4n) is 0.427. The lowest BCUT2D eigenvalue weighted by Crippen LogP contribution is -2.23. The van der Waals surface area contributed by atoms with Crippen LogP contribution in [-0.2, 0) is 4.74 Å². The Labute approximate surface area is 59.4 Å². The predicted molar refractivity (Wildman–Crippen MR) is 44.1 cm³/mol. The topological polar surface area (TPSA) is 9.23 Å². The smallest absolute Gasteiger partial charge is 0.0501 e. The van der Waals surface area contributed by atoms with Crippen molar-refractivity contribution in [1.29, 1.82) is 0 Å². The first-order chi connectivity index (χ1) is 4.06. The van der Waals surface area contributed by atoms with Crippen molar-refractivity contribution in [1.82, 2.24) is 0 Å². The fraction of sp³-hybridized carbons (Fsp3) is 0.857. The Morgan fingerprint density at radius 1 is 1.33 bits per heavy atom. The van der Waals surface area contributed by atoms with E-state index in [1.54, 1.807) is 0 Å². The Balaban J connectivity index is 3.07. The van der Waals surface area contributed by atoms with Crippen LogP contribution in [0.5, 0.6) is 0 Å². The highest BCUT2D eigenvalue weighted by molar-refractivity contribution is 6.79. The molecule has 9 heavy (non-hydrogen) atoms. The molecule has 0 spiro atoms. The molecular weight excluding hydrogens is 128 g/mol. The van der Waals surface area contributed by atoms with Crippen LogP contribution >= 0.6 is 0 Å². The molecule has 0 bridgehead atoms. The molecule has 0 aromatic heterocycles. The van der Waals surface area contributed by atoms with Crippen LogP contribution in [0.1, 0.15) is 6.92 Å². The quantitative estimate of drug-likeness (QED) is 0.435. The van der Waals surface area contributed by atoms with Gasteiger partial charge in [0.2, 0.25) is 0 Å². The Morgan fingerprint density at radius 3 is 2.22 bits per heavy atom. The zero-order valence-corrected chi connectivity index (χ0v) is 7.90. The molecule has 0 N–H and O–H groups in total. The van der Waals surface area contributed by atoms with Gasteiger partial charge in [0, 0.05) is 13.2 Å². The van der Waals surface area contributed by atoms with Gasteiger partial charge in [-0.3, -0.25) is 0 Å². The van der Waals surface area contributed by atoms with E-state index in [0.717, 1.165) is 13.2 Å². The molecule has 0 saturated heterocycles. The minimum atomic E-state index is -0.944. The molecular formula is C7H17OSi. The molecule has 0 aromatic rings. The van der Waals surface area contributed by atoms with E-state index >= 15 is 0 Å². The van der Waals surface area contributed by atoms with Gasteiger partial charge >= 0.3 is 0 Å². The van der Waals surface area contributed by atoms with E-state index in [-0.39, 0.29) is 0 Å². The first kappa shape index (κ1) is 9.18. The van der Waals surface area contributed by atoms with Gasteiger partial charge in [0.25, 0.3) is 0 Å². The van der Waals surface area contributed by atoms with Gasteiger partial charge in [-0.1, -0.05) is 19.6 Å². The van der Waals surface area contributed by atoms with Crippen molar-refractivity contribution in [3.05, 3.63) is 6.04 Å². The summed E-state index contributed by atoms with van der Waals surface area (Å²) in [6.45, 7) is 10.6. The zero-order valence-electron chi connectivity index (χ0n) is 6.90. The van der Waals surface area contributed by atoms with Crippen molar-refractivity contribution in [2.75, 3.05) is 13.2 Å². The van der Waals surface area contributed by atoms with Crippen LogP contribution in [0.3, 0.4) is 0 Å². The summed E-state index contributed by atoms with van der Waals surface area (Å²) in [7, 11) is -0.944. The van der Waals surface area contributed by atoms with Gasteiger partial charge in [0.05, 0.1) is 8.07 Å². The van der Waals surface area contributed by atoms with Crippen molar-refractivity contribution >= 4 is 8.07 Å². The van der Waals surface area contributed by atoms with Crippen molar-refractivity contribution in [3.63, 3.8) is 0 Å². The summed E-state index contributed by atoms with van der Waals surface area (Å²) in [4.78, 5) is 0. The summed E-state index contributed by atoms with van der Waals surface area (Å²) < 4.78 is 5.19. The van der Waals surface area contributed by atoms with Crippen molar-refractivity contribution < 1.29 is 4.74 Å². The van der Waals surface area contributed by atoms with E-state index in [4.69, 9.17) is 4.74 Å². The summed E-state index contributed by atoms with van der Waals surface area (Å²) >= 11 is 0. The molecule has 0 heterocycles. The van der Waals surface area contributed by atoms with Gasteiger partial charge in [0.15, 0.2) is 0 Å². The molecule has 0 saturated carbocycles. The highest BCUT2D eigenvalue weighted by Gasteiger charge is 2.11. The molecule has 1 nitrogen and oxygen atoms in total. The van der Waals surface area contributed by atoms with Crippen LogP contribution in [0, 0.1) is 6.04 Å². The number of hydrogen-bond acceptors (Lipinski definition) is 1. The second-order valence-electron chi connectivity index (χ2n) is 3.23. The molecule has 0 aliphatic rings. The fourth-order valence-corrected chi connectivity index (χ4v) is 1.04. The number of ether oxygens (including phenoxy) is 1. The minimum absolute atomic E-state index is 0.834. The molecule has 55 valence electrons. The molecule has 0 rings (SSSR count). The van der Waals surface area contributed by atoms with Crippen LogP contribution < -0.4 is 0 Å². The third-order valence-electron chi connectivity index (χ3n) is 1.02. The first-order valence-corrected chi connectivity index (χ1v) is 7.06. The highest BCUT2D eigenvalue weighted by Crippen LogP contribution is 2.04. The second kappa shape index (κ2) is 4.07. The van der Waals surface area contributed by atoms with Gasteiger partial charge in [-0.2, -0.15) is 0 Å². The summed E-state index contributed by atoms with van der Waals surface area (Å²) in [5, 5.41) is 0. The van der Waals surface area contributed by atoms with E-state index in [1.807, 2.05) is 6.92 Å². The van der Waals surface area contributed by atoms with Crippen LogP contribution in [0.2, 0.25) is 19.6 Å². The van der Waals surface area contributed by atoms with Crippen molar-refractivity contribution in [3.8, 4) is 0 Å². The molecule has 2 heteroatoms. The second-order valence-corrected chi connectivity index (χ2v) is 8.37. The molecule has 0 aliphatic carbocycles. The lowest BCUT2D eigenvalue weighted by molar-refractivity contribution is 0.172. The van der Waals surface area contributed by atoms with Crippen LogP contribution in [0.4, 0.5) is 0 Å². The van der Waals surface area contributed by atoms with Crippen LogP contribution in [-0.4, -0.2) is 21.3 Å². The zero-order chi connectivity index (χ0) is 7.33. The maximum atomic E-state index is 5.19. The number of rotatable bonds is 4. The summed E-state index contributed by atoms with van der Waals surface area (Å²) in [6, 6.07) is 2.32. The molecule has 0 aliphatic heterocycles. The van der Waals surface area contributed by atoms with Gasteiger partial charge in [-0.25, -0.2) is 0 Å². The van der Waals surface area contributed by atoms with Crippen molar-refractivity contribution in [2.45, 2.75) is 26.6 Å². The van der Waals surface area contributed by atoms with E-state index in [9.17, 15) is 0 Å². The van der Waals surface area contributed by atoms with Crippen LogP contribution in [0.25, 0.3) is 0 Å². The Morgan fingerprint density at radius 2 is 1.89 bits per heavy atom. The van der Waals surface area contributed by atoms with E-state index < -0.39 is 8.07 Å². The Bertz CT molecular complexity index is 65.8. The average Bonchev–Trinajstić information content (AvgIpc) is 1.63. The average molecular weight is 145 g/mol. The Kier molecular flexibility index (Phi) is 4.15. The third-order valence-corrected chi connectivity index (χ3v) is 2.41. The minimum Gasteiger partial charge on any atom is -0.382 e. The normalized spacial score (nSPS) is 12.0. The predicted octanol–water partition coefficient (Wildman–Crippen LogP) is 2.10. The monoisotopic (exact) mass is 145 g/mol. The standard InChI is InChI=1S/C7H17OSi/c1-5-8-6-7-9(2,3)4/h7H,5-6H2,1-4H3. The SMILES string of the molecule is CCOC[CH][Si](C)(C)C. The van der Waals surface area contributed by atoms with Gasteiger partial charge in [-0.05, 0) is 13.0 Å². The molecule has 0 atom stereocenters. The number of hydrogen-bond donors (Lipinski definition) is 0. The highest BCUT2D eigenvalue weighted by atomic mass is 28.3. The largest absolute Gasteiger partial charge is 0.382 e. The molecule has 1 radical (unpaired) electrons. The Hall–Kier alpha value is 0.177. The van der Waals surface area contributed by atoms with Gasteiger partial charge in [0.1, 0.15) is 0 Å². The molecule has 0 amide bonds. The molecule has 0 unspecified atom stereocenters. The van der Waals surface area contributed by atoms with Crippen molar-refractivity contribution in [2.24, 2.45) is 0 Å². The summed E-state index contributed by atoms with van der Waals surface area (Å²) in [6.07, 6.45) is 0. The van der Waals surface area contributed by atoms with E-state index in [1.165, 1.54) is 0 Å². The maximum absolute atomic E-state index is 5.19. The summed E-state index contributed by atoms with van der Waals surface area (Å²) in [5.74, 6) is 0. The maximum Gasteiger partial charge on any atom is 0.0501 e. The molecule has 0 aromatic carbocycles. The van der Waals surface area contributed by atoms with Gasteiger partial charge in [-0.15, -0.1) is 0 Å². The third kappa shape index (κ3) is 8.18.